The van der Waals surface area contributed by atoms with Gasteiger partial charge in [0.15, 0.2) is 0 Å². The Bertz CT molecular complexity index is 490. The van der Waals surface area contributed by atoms with Gasteiger partial charge in [0.25, 0.3) is 0 Å². The number of aliphatic carboxylic acids is 1. The number of hydrogen-bond acceptors (Lipinski definition) is 2. The van der Waals surface area contributed by atoms with Crippen LogP contribution in [-0.2, 0) is 11.2 Å². The van der Waals surface area contributed by atoms with Gasteiger partial charge in [-0.05, 0) is 23.6 Å². The van der Waals surface area contributed by atoms with Gasteiger partial charge in [0, 0.05) is 14.0 Å². The Labute approximate surface area is 93.3 Å². The highest BCUT2D eigenvalue weighted by Crippen LogP contribution is 2.28. The van der Waals surface area contributed by atoms with Gasteiger partial charge in [0.2, 0.25) is 0 Å². The third-order valence-electron chi connectivity index (χ3n) is 1.86. The third-order valence-corrected chi connectivity index (χ3v) is 3.45. The van der Waals surface area contributed by atoms with Crippen LogP contribution in [0.4, 0.5) is 0 Å². The lowest BCUT2D eigenvalue weighted by Gasteiger charge is -1.88. The highest BCUT2D eigenvalue weighted by molar-refractivity contribution is 9.10. The summed E-state index contributed by atoms with van der Waals surface area (Å²) in [4.78, 5) is 11.4. The summed E-state index contributed by atoms with van der Waals surface area (Å²) in [5.74, 6) is -0.782. The first-order valence-electron chi connectivity index (χ1n) is 4.05. The second-order valence-electron chi connectivity index (χ2n) is 2.97. The summed E-state index contributed by atoms with van der Waals surface area (Å²) in [6, 6.07) is 7.88. The number of benzene rings is 1. The SMILES string of the molecule is O=C(O)Cc1cc2ccc(Br)cc2s1. The van der Waals surface area contributed by atoms with Crippen molar-refractivity contribution < 1.29 is 9.90 Å². The molecule has 0 saturated carbocycles. The Kier molecular flexibility index (Phi) is 2.56. The highest BCUT2D eigenvalue weighted by atomic mass is 79.9. The summed E-state index contributed by atoms with van der Waals surface area (Å²) in [6.07, 6.45) is 0.108. The number of thiophene rings is 1. The van der Waals surface area contributed by atoms with E-state index in [0.29, 0.717) is 0 Å². The van der Waals surface area contributed by atoms with Crippen molar-refractivity contribution in [3.63, 3.8) is 0 Å². The molecule has 0 fully saturated rings. The van der Waals surface area contributed by atoms with E-state index in [1.165, 1.54) is 11.3 Å². The summed E-state index contributed by atoms with van der Waals surface area (Å²) >= 11 is 4.91. The zero-order chi connectivity index (χ0) is 10.1. The molecule has 0 bridgehead atoms. The quantitative estimate of drug-likeness (QED) is 0.910. The standard InChI is InChI=1S/C10H7BrO2S/c11-7-2-1-6-3-8(5-10(12)13)14-9(6)4-7/h1-4H,5H2,(H,12,13). The highest BCUT2D eigenvalue weighted by Gasteiger charge is 2.05. The van der Waals surface area contributed by atoms with Gasteiger partial charge < -0.3 is 5.11 Å². The zero-order valence-electron chi connectivity index (χ0n) is 7.16. The largest absolute Gasteiger partial charge is 0.481 e. The van der Waals surface area contributed by atoms with Crippen molar-refractivity contribution in [3.8, 4) is 0 Å². The van der Waals surface area contributed by atoms with Crippen molar-refractivity contribution in [3.05, 3.63) is 33.6 Å². The van der Waals surface area contributed by atoms with Crippen LogP contribution in [0.1, 0.15) is 4.88 Å². The molecule has 0 radical (unpaired) electrons. The van der Waals surface area contributed by atoms with Crippen LogP contribution in [0.25, 0.3) is 10.1 Å². The van der Waals surface area contributed by atoms with E-state index in [1.54, 1.807) is 0 Å². The number of hydrogen-bond donors (Lipinski definition) is 1. The molecule has 0 amide bonds. The summed E-state index contributed by atoms with van der Waals surface area (Å²) in [6.45, 7) is 0. The number of carbonyl (C=O) groups is 1. The maximum Gasteiger partial charge on any atom is 0.308 e. The molecule has 0 aliphatic carbocycles. The minimum absolute atomic E-state index is 0.108. The van der Waals surface area contributed by atoms with Gasteiger partial charge >= 0.3 is 5.97 Å². The summed E-state index contributed by atoms with van der Waals surface area (Å²) < 4.78 is 2.14. The molecule has 0 atom stereocenters. The van der Waals surface area contributed by atoms with Gasteiger partial charge in [-0.2, -0.15) is 0 Å². The average Bonchev–Trinajstić information content (AvgIpc) is 2.44. The number of rotatable bonds is 2. The lowest BCUT2D eigenvalue weighted by atomic mass is 10.2. The van der Waals surface area contributed by atoms with Gasteiger partial charge in [-0.15, -0.1) is 11.3 Å². The van der Waals surface area contributed by atoms with E-state index in [-0.39, 0.29) is 6.42 Å². The normalized spacial score (nSPS) is 10.6. The van der Waals surface area contributed by atoms with E-state index >= 15 is 0 Å². The Hall–Kier alpha value is -0.870. The molecule has 14 heavy (non-hydrogen) atoms. The Morgan fingerprint density at radius 1 is 1.43 bits per heavy atom. The Morgan fingerprint density at radius 2 is 2.21 bits per heavy atom. The van der Waals surface area contributed by atoms with Crippen LogP contribution in [0, 0.1) is 0 Å². The second kappa shape index (κ2) is 3.71. The maximum absolute atomic E-state index is 10.5. The first kappa shape index (κ1) is 9.68. The first-order chi connectivity index (χ1) is 6.65. The van der Waals surface area contributed by atoms with Crippen molar-refractivity contribution in [1.29, 1.82) is 0 Å². The van der Waals surface area contributed by atoms with Gasteiger partial charge in [-0.25, -0.2) is 0 Å². The molecular weight excluding hydrogens is 264 g/mol. The van der Waals surface area contributed by atoms with Gasteiger partial charge in [-0.3, -0.25) is 4.79 Å². The van der Waals surface area contributed by atoms with Crippen molar-refractivity contribution in [2.75, 3.05) is 0 Å². The molecule has 1 N–H and O–H groups in total. The third kappa shape index (κ3) is 1.96. The predicted octanol–water partition coefficient (Wildman–Crippen LogP) is 3.29. The molecule has 0 aliphatic rings. The molecular formula is C10H7BrO2S. The summed E-state index contributed by atoms with van der Waals surface area (Å²) in [7, 11) is 0. The van der Waals surface area contributed by atoms with Gasteiger partial charge in [-0.1, -0.05) is 22.0 Å². The molecule has 72 valence electrons. The monoisotopic (exact) mass is 270 g/mol. The minimum atomic E-state index is -0.782. The molecule has 2 rings (SSSR count). The van der Waals surface area contributed by atoms with Crippen LogP contribution >= 0.6 is 27.3 Å². The van der Waals surface area contributed by atoms with Crippen LogP contribution < -0.4 is 0 Å². The molecule has 0 spiro atoms. The molecule has 2 nitrogen and oxygen atoms in total. The van der Waals surface area contributed by atoms with E-state index in [0.717, 1.165) is 19.4 Å². The van der Waals surface area contributed by atoms with E-state index in [4.69, 9.17) is 5.11 Å². The summed E-state index contributed by atoms with van der Waals surface area (Å²) in [5.41, 5.74) is 0. The number of halogens is 1. The molecule has 4 heteroatoms. The van der Waals surface area contributed by atoms with Gasteiger partial charge in [0.1, 0.15) is 0 Å². The molecule has 0 saturated heterocycles. The molecule has 0 unspecified atom stereocenters. The maximum atomic E-state index is 10.5. The fourth-order valence-corrected chi connectivity index (χ4v) is 2.90. The Balaban J connectivity index is 2.46. The van der Waals surface area contributed by atoms with Crippen LogP contribution in [-0.4, -0.2) is 11.1 Å². The van der Waals surface area contributed by atoms with Gasteiger partial charge in [0.05, 0.1) is 6.42 Å². The van der Waals surface area contributed by atoms with Crippen LogP contribution in [0.3, 0.4) is 0 Å². The lowest BCUT2D eigenvalue weighted by molar-refractivity contribution is -0.136. The van der Waals surface area contributed by atoms with E-state index in [9.17, 15) is 4.79 Å². The molecule has 1 heterocycles. The Morgan fingerprint density at radius 3 is 2.93 bits per heavy atom. The van der Waals surface area contributed by atoms with Crippen molar-refractivity contribution in [2.45, 2.75) is 6.42 Å². The topological polar surface area (TPSA) is 37.3 Å². The molecule has 1 aromatic carbocycles. The zero-order valence-corrected chi connectivity index (χ0v) is 9.56. The minimum Gasteiger partial charge on any atom is -0.481 e. The second-order valence-corrected chi connectivity index (χ2v) is 5.05. The van der Waals surface area contributed by atoms with Crippen LogP contribution in [0.2, 0.25) is 0 Å². The smallest absolute Gasteiger partial charge is 0.308 e. The molecule has 1 aromatic heterocycles. The first-order valence-corrected chi connectivity index (χ1v) is 5.66. The van der Waals surface area contributed by atoms with Crippen LogP contribution in [0.5, 0.6) is 0 Å². The average molecular weight is 271 g/mol. The van der Waals surface area contributed by atoms with E-state index < -0.39 is 5.97 Å². The van der Waals surface area contributed by atoms with Crippen molar-refractivity contribution >= 4 is 43.3 Å². The van der Waals surface area contributed by atoms with E-state index in [1.807, 2.05) is 24.3 Å². The summed E-state index contributed by atoms with van der Waals surface area (Å²) in [5, 5.41) is 9.75. The molecule has 0 aliphatic heterocycles. The number of carboxylic acids is 1. The lowest BCUT2D eigenvalue weighted by Crippen LogP contribution is -1.96. The van der Waals surface area contributed by atoms with E-state index in [2.05, 4.69) is 15.9 Å². The number of fused-ring (bicyclic) bond motifs is 1. The fraction of sp³-hybridized carbons (Fsp3) is 0.100. The van der Waals surface area contributed by atoms with Crippen molar-refractivity contribution in [1.82, 2.24) is 0 Å². The van der Waals surface area contributed by atoms with Crippen LogP contribution in [0.15, 0.2) is 28.7 Å². The number of carboxylic acid groups (broad SMARTS) is 1. The van der Waals surface area contributed by atoms with Crippen molar-refractivity contribution in [2.24, 2.45) is 0 Å². The molecule has 2 aromatic rings. The fourth-order valence-electron chi connectivity index (χ4n) is 1.30. The predicted molar refractivity (Wildman–Crippen MR) is 60.9 cm³/mol.